The Morgan fingerprint density at radius 1 is 1.42 bits per heavy atom. The van der Waals surface area contributed by atoms with E-state index in [9.17, 15) is 0 Å². The fraction of sp³-hybridized carbons (Fsp3) is 0.733. The van der Waals surface area contributed by atoms with E-state index < -0.39 is 0 Å². The van der Waals surface area contributed by atoms with E-state index in [2.05, 4.69) is 32.2 Å². The molecule has 1 aliphatic heterocycles. The molecule has 1 aromatic heterocycles. The molecule has 0 amide bonds. The van der Waals surface area contributed by atoms with Crippen LogP contribution < -0.4 is 15.5 Å². The molecule has 0 spiro atoms. The first-order valence-electron chi connectivity index (χ1n) is 7.78. The molecule has 1 aliphatic rings. The van der Waals surface area contributed by atoms with Crippen LogP contribution in [0.2, 0.25) is 0 Å². The highest BCUT2D eigenvalue weighted by Gasteiger charge is 2.31. The number of ether oxygens (including phenoxy) is 1. The normalized spacial score (nSPS) is 17.1. The summed E-state index contributed by atoms with van der Waals surface area (Å²) in [5, 5.41) is 9.90. The summed E-state index contributed by atoms with van der Waals surface area (Å²) in [5.74, 6) is 0.823. The molecule has 0 unspecified atom stereocenters. The summed E-state index contributed by atoms with van der Waals surface area (Å²) in [6.45, 7) is 3.28. The van der Waals surface area contributed by atoms with E-state index in [0.29, 0.717) is 6.54 Å². The molecule has 24 heavy (non-hydrogen) atoms. The first-order chi connectivity index (χ1) is 11.1. The second-order valence-corrected chi connectivity index (χ2v) is 7.91. The molecule has 6 nitrogen and oxygen atoms in total. The summed E-state index contributed by atoms with van der Waals surface area (Å²) in [6, 6.07) is 0. The van der Waals surface area contributed by atoms with Crippen molar-refractivity contribution < 1.29 is 4.74 Å². The van der Waals surface area contributed by atoms with Gasteiger partial charge in [-0.05, 0) is 19.1 Å². The molecule has 138 valence electrons. The maximum atomic E-state index is 5.49. The molecule has 2 heterocycles. The smallest absolute Gasteiger partial charge is 0.191 e. The SMILES string of the molecule is CN=C(NCc1csc(N(C)C)n1)NCC1(SC)CCOCC1.I. The van der Waals surface area contributed by atoms with Crippen LogP contribution in [0.4, 0.5) is 5.13 Å². The van der Waals surface area contributed by atoms with Crippen LogP contribution in [-0.2, 0) is 11.3 Å². The van der Waals surface area contributed by atoms with E-state index in [0.717, 1.165) is 49.4 Å². The maximum absolute atomic E-state index is 5.49. The summed E-state index contributed by atoms with van der Waals surface area (Å²) < 4.78 is 5.73. The molecule has 1 aromatic rings. The Labute approximate surface area is 170 Å². The van der Waals surface area contributed by atoms with E-state index in [1.807, 2.05) is 30.8 Å². The van der Waals surface area contributed by atoms with Crippen molar-refractivity contribution in [2.75, 3.05) is 52.1 Å². The van der Waals surface area contributed by atoms with Crippen LogP contribution in [0, 0.1) is 0 Å². The molecular weight excluding hydrogens is 457 g/mol. The Morgan fingerprint density at radius 2 is 2.12 bits per heavy atom. The number of thiazole rings is 1. The summed E-state index contributed by atoms with van der Waals surface area (Å²) in [6.07, 6.45) is 4.34. The average Bonchev–Trinajstić information content (AvgIpc) is 3.05. The van der Waals surface area contributed by atoms with Crippen molar-refractivity contribution in [1.82, 2.24) is 15.6 Å². The van der Waals surface area contributed by atoms with Crippen LogP contribution in [-0.4, -0.2) is 62.8 Å². The summed E-state index contributed by atoms with van der Waals surface area (Å²) in [7, 11) is 5.82. The minimum Gasteiger partial charge on any atom is -0.381 e. The number of aliphatic imine (C=N–C) groups is 1. The molecule has 0 saturated carbocycles. The number of nitrogens with one attached hydrogen (secondary N) is 2. The van der Waals surface area contributed by atoms with E-state index >= 15 is 0 Å². The van der Waals surface area contributed by atoms with Gasteiger partial charge in [0.05, 0.1) is 12.2 Å². The number of aromatic nitrogens is 1. The second kappa shape index (κ2) is 10.7. The van der Waals surface area contributed by atoms with E-state index in [1.54, 1.807) is 18.4 Å². The summed E-state index contributed by atoms with van der Waals surface area (Å²) in [5.41, 5.74) is 1.03. The largest absolute Gasteiger partial charge is 0.381 e. The third-order valence-corrected chi connectivity index (χ3v) is 6.47. The van der Waals surface area contributed by atoms with Gasteiger partial charge in [0, 0.05) is 51.0 Å². The van der Waals surface area contributed by atoms with Crippen molar-refractivity contribution in [2.24, 2.45) is 4.99 Å². The number of nitrogens with zero attached hydrogens (tertiary/aromatic N) is 3. The van der Waals surface area contributed by atoms with Crippen molar-refractivity contribution in [1.29, 1.82) is 0 Å². The molecular formula is C15H28IN5OS2. The Balaban J connectivity index is 0.00000288. The van der Waals surface area contributed by atoms with Crippen LogP contribution in [0.25, 0.3) is 0 Å². The van der Waals surface area contributed by atoms with Gasteiger partial charge in [0.25, 0.3) is 0 Å². The van der Waals surface area contributed by atoms with Crippen LogP contribution >= 0.6 is 47.1 Å². The molecule has 1 fully saturated rings. The Bertz CT molecular complexity index is 518. The van der Waals surface area contributed by atoms with Gasteiger partial charge in [-0.3, -0.25) is 4.99 Å². The minimum atomic E-state index is 0. The third-order valence-electron chi connectivity index (χ3n) is 4.00. The number of halogens is 1. The summed E-state index contributed by atoms with van der Waals surface area (Å²) in [4.78, 5) is 10.9. The van der Waals surface area contributed by atoms with Crippen molar-refractivity contribution in [3.05, 3.63) is 11.1 Å². The van der Waals surface area contributed by atoms with Crippen molar-refractivity contribution in [2.45, 2.75) is 24.1 Å². The minimum absolute atomic E-state index is 0. The van der Waals surface area contributed by atoms with E-state index in [-0.39, 0.29) is 28.7 Å². The predicted octanol–water partition coefficient (Wildman–Crippen LogP) is 2.40. The quantitative estimate of drug-likeness (QED) is 0.367. The van der Waals surface area contributed by atoms with Gasteiger partial charge in [0.2, 0.25) is 0 Å². The Hall–Kier alpha value is -0.260. The molecule has 9 heteroatoms. The number of thioether (sulfide) groups is 1. The first-order valence-corrected chi connectivity index (χ1v) is 9.88. The molecule has 2 rings (SSSR count). The zero-order valence-corrected chi connectivity index (χ0v) is 18.8. The number of rotatable bonds is 6. The second-order valence-electron chi connectivity index (χ2n) is 5.79. The van der Waals surface area contributed by atoms with Crippen LogP contribution in [0.5, 0.6) is 0 Å². The van der Waals surface area contributed by atoms with Gasteiger partial charge in [-0.15, -0.1) is 35.3 Å². The van der Waals surface area contributed by atoms with Crippen molar-refractivity contribution in [3.8, 4) is 0 Å². The lowest BCUT2D eigenvalue weighted by atomic mass is 9.99. The van der Waals surface area contributed by atoms with Gasteiger partial charge in [0.15, 0.2) is 11.1 Å². The highest BCUT2D eigenvalue weighted by molar-refractivity contribution is 14.0. The van der Waals surface area contributed by atoms with Crippen LogP contribution in [0.15, 0.2) is 10.4 Å². The summed E-state index contributed by atoms with van der Waals surface area (Å²) >= 11 is 3.58. The van der Waals surface area contributed by atoms with E-state index in [1.165, 1.54) is 0 Å². The van der Waals surface area contributed by atoms with Gasteiger partial charge >= 0.3 is 0 Å². The molecule has 0 radical (unpaired) electrons. The average molecular weight is 485 g/mol. The lowest BCUT2D eigenvalue weighted by Crippen LogP contribution is -2.47. The molecule has 2 N–H and O–H groups in total. The van der Waals surface area contributed by atoms with Crippen LogP contribution in [0.1, 0.15) is 18.5 Å². The molecule has 0 bridgehead atoms. The van der Waals surface area contributed by atoms with Crippen molar-refractivity contribution >= 4 is 58.2 Å². The zero-order chi connectivity index (χ0) is 16.7. The van der Waals surface area contributed by atoms with Crippen LogP contribution in [0.3, 0.4) is 0 Å². The Morgan fingerprint density at radius 3 is 2.67 bits per heavy atom. The van der Waals surface area contributed by atoms with E-state index in [4.69, 9.17) is 4.74 Å². The van der Waals surface area contributed by atoms with Gasteiger partial charge in [0.1, 0.15) is 0 Å². The molecule has 0 aromatic carbocycles. The lowest BCUT2D eigenvalue weighted by Gasteiger charge is -2.36. The lowest BCUT2D eigenvalue weighted by molar-refractivity contribution is 0.0783. The monoisotopic (exact) mass is 485 g/mol. The predicted molar refractivity (Wildman–Crippen MR) is 116 cm³/mol. The van der Waals surface area contributed by atoms with Gasteiger partial charge < -0.3 is 20.3 Å². The fourth-order valence-electron chi connectivity index (χ4n) is 2.42. The number of anilines is 1. The standard InChI is InChI=1S/C15H27N5OS2.HI/c1-16-13(17-9-12-10-23-14(19-12)20(2)3)18-11-15(22-4)5-7-21-8-6-15;/h10H,5-9,11H2,1-4H3,(H2,16,17,18);1H. The molecule has 0 aliphatic carbocycles. The first kappa shape index (κ1) is 21.8. The number of hydrogen-bond acceptors (Lipinski definition) is 6. The zero-order valence-electron chi connectivity index (χ0n) is 14.8. The third kappa shape index (κ3) is 6.23. The topological polar surface area (TPSA) is 61.8 Å². The van der Waals surface area contributed by atoms with Gasteiger partial charge in [-0.2, -0.15) is 11.8 Å². The number of hydrogen-bond donors (Lipinski definition) is 2. The highest BCUT2D eigenvalue weighted by Crippen LogP contribution is 2.32. The fourth-order valence-corrected chi connectivity index (χ4v) is 3.97. The molecule has 1 saturated heterocycles. The number of guanidine groups is 1. The van der Waals surface area contributed by atoms with Crippen molar-refractivity contribution in [3.63, 3.8) is 0 Å². The maximum Gasteiger partial charge on any atom is 0.191 e. The van der Waals surface area contributed by atoms with Gasteiger partial charge in [-0.25, -0.2) is 4.98 Å². The molecule has 0 atom stereocenters. The highest BCUT2D eigenvalue weighted by atomic mass is 127. The van der Waals surface area contributed by atoms with Gasteiger partial charge in [-0.1, -0.05) is 0 Å². The Kier molecular flexibility index (Phi) is 9.68.